The lowest BCUT2D eigenvalue weighted by atomic mass is 10.2. The van der Waals surface area contributed by atoms with Gasteiger partial charge in [0, 0.05) is 26.2 Å². The Morgan fingerprint density at radius 3 is 2.21 bits per heavy atom. The van der Waals surface area contributed by atoms with Gasteiger partial charge in [-0.05, 0) is 30.2 Å². The molecule has 0 unspecified atom stereocenters. The molecule has 0 spiro atoms. The molecule has 1 aliphatic rings. The van der Waals surface area contributed by atoms with E-state index in [9.17, 15) is 13.2 Å². The van der Waals surface area contributed by atoms with Crippen molar-refractivity contribution < 1.29 is 22.7 Å². The zero-order chi connectivity index (χ0) is 17.7. The molecule has 0 saturated carbocycles. The van der Waals surface area contributed by atoms with E-state index >= 15 is 0 Å². The highest BCUT2D eigenvalue weighted by molar-refractivity contribution is 7.89. The van der Waals surface area contributed by atoms with Gasteiger partial charge < -0.3 is 14.4 Å². The highest BCUT2D eigenvalue weighted by Gasteiger charge is 2.30. The first-order valence-electron chi connectivity index (χ1n) is 7.90. The maximum absolute atomic E-state index is 12.7. The van der Waals surface area contributed by atoms with Gasteiger partial charge in [-0.2, -0.15) is 4.31 Å². The number of benzene rings is 1. The highest BCUT2D eigenvalue weighted by atomic mass is 32.2. The van der Waals surface area contributed by atoms with Gasteiger partial charge in [0.05, 0.1) is 18.6 Å². The van der Waals surface area contributed by atoms with E-state index in [1.54, 1.807) is 24.3 Å². The number of carbonyl (C=O) groups excluding carboxylic acids is 1. The number of piperazine rings is 1. The summed E-state index contributed by atoms with van der Waals surface area (Å²) in [5, 5.41) is 0. The standard InChI is InChI=1S/C16H24N2O5S/c1-13(2)12-23-14-4-6-15(7-5-14)24(20,21)18-10-8-17(9-11-18)16(19)22-3/h4-7,13H,8-12H2,1-3H3. The molecule has 1 fully saturated rings. The van der Waals surface area contributed by atoms with E-state index in [4.69, 9.17) is 4.74 Å². The van der Waals surface area contributed by atoms with Crippen molar-refractivity contribution >= 4 is 16.1 Å². The Hall–Kier alpha value is -1.80. The molecule has 0 bridgehead atoms. The first kappa shape index (κ1) is 18.5. The first-order chi connectivity index (χ1) is 11.3. The van der Waals surface area contributed by atoms with Gasteiger partial charge in [-0.25, -0.2) is 13.2 Å². The van der Waals surface area contributed by atoms with E-state index < -0.39 is 16.1 Å². The summed E-state index contributed by atoms with van der Waals surface area (Å²) in [7, 11) is -2.25. The molecule has 134 valence electrons. The Morgan fingerprint density at radius 1 is 1.12 bits per heavy atom. The summed E-state index contributed by atoms with van der Waals surface area (Å²) in [5.74, 6) is 1.05. The van der Waals surface area contributed by atoms with Gasteiger partial charge >= 0.3 is 6.09 Å². The molecule has 1 saturated heterocycles. The summed E-state index contributed by atoms with van der Waals surface area (Å²) >= 11 is 0. The van der Waals surface area contributed by atoms with Crippen LogP contribution in [-0.4, -0.2) is 63.6 Å². The molecule has 0 radical (unpaired) electrons. The summed E-state index contributed by atoms with van der Waals surface area (Å²) in [5.41, 5.74) is 0. The van der Waals surface area contributed by atoms with Crippen LogP contribution < -0.4 is 4.74 Å². The predicted octanol–water partition coefficient (Wildman–Crippen LogP) is 1.79. The summed E-state index contributed by atoms with van der Waals surface area (Å²) in [4.78, 5) is 13.2. The van der Waals surface area contributed by atoms with Crippen LogP contribution in [0.1, 0.15) is 13.8 Å². The Morgan fingerprint density at radius 2 is 1.71 bits per heavy atom. The average Bonchev–Trinajstić information content (AvgIpc) is 2.59. The van der Waals surface area contributed by atoms with Crippen molar-refractivity contribution in [2.24, 2.45) is 5.92 Å². The lowest BCUT2D eigenvalue weighted by molar-refractivity contribution is 0.108. The third-order valence-corrected chi connectivity index (χ3v) is 5.63. The van der Waals surface area contributed by atoms with E-state index in [0.717, 1.165) is 0 Å². The van der Waals surface area contributed by atoms with E-state index in [2.05, 4.69) is 4.74 Å². The van der Waals surface area contributed by atoms with Gasteiger partial charge in [0.2, 0.25) is 10.0 Å². The van der Waals surface area contributed by atoms with Gasteiger partial charge in [0.25, 0.3) is 0 Å². The number of nitrogens with zero attached hydrogens (tertiary/aromatic N) is 2. The largest absolute Gasteiger partial charge is 0.493 e. The lowest BCUT2D eigenvalue weighted by Gasteiger charge is -2.33. The van der Waals surface area contributed by atoms with Crippen molar-refractivity contribution in [1.29, 1.82) is 0 Å². The number of hydrogen-bond acceptors (Lipinski definition) is 5. The van der Waals surface area contributed by atoms with Crippen molar-refractivity contribution in [2.45, 2.75) is 18.7 Å². The second-order valence-electron chi connectivity index (χ2n) is 6.04. The Balaban J connectivity index is 2.01. The van der Waals surface area contributed by atoms with E-state index in [-0.39, 0.29) is 18.0 Å². The van der Waals surface area contributed by atoms with Crippen LogP contribution in [0, 0.1) is 5.92 Å². The number of sulfonamides is 1. The smallest absolute Gasteiger partial charge is 0.409 e. The quantitative estimate of drug-likeness (QED) is 0.804. The van der Waals surface area contributed by atoms with E-state index in [1.165, 1.54) is 16.3 Å². The predicted molar refractivity (Wildman–Crippen MR) is 89.5 cm³/mol. The zero-order valence-corrected chi connectivity index (χ0v) is 15.1. The van der Waals surface area contributed by atoms with Gasteiger partial charge in [-0.1, -0.05) is 13.8 Å². The molecule has 2 rings (SSSR count). The van der Waals surface area contributed by atoms with Crippen molar-refractivity contribution in [1.82, 2.24) is 9.21 Å². The monoisotopic (exact) mass is 356 g/mol. The van der Waals surface area contributed by atoms with Crippen LogP contribution in [0.5, 0.6) is 5.75 Å². The molecule has 1 aromatic carbocycles. The number of rotatable bonds is 5. The van der Waals surface area contributed by atoms with Crippen molar-refractivity contribution in [3.8, 4) is 5.75 Å². The molecule has 0 N–H and O–H groups in total. The molecule has 1 aromatic rings. The number of carbonyl (C=O) groups is 1. The second-order valence-corrected chi connectivity index (χ2v) is 7.98. The van der Waals surface area contributed by atoms with Crippen LogP contribution in [0.3, 0.4) is 0 Å². The Kier molecular flexibility index (Phi) is 6.06. The molecule has 0 aliphatic carbocycles. The van der Waals surface area contributed by atoms with Gasteiger partial charge in [0.1, 0.15) is 5.75 Å². The SMILES string of the molecule is COC(=O)N1CCN(S(=O)(=O)c2ccc(OCC(C)C)cc2)CC1. The summed E-state index contributed by atoms with van der Waals surface area (Å²) in [6.45, 7) is 5.83. The minimum Gasteiger partial charge on any atom is -0.493 e. The third kappa shape index (κ3) is 4.39. The number of hydrogen-bond donors (Lipinski definition) is 0. The first-order valence-corrected chi connectivity index (χ1v) is 9.34. The third-order valence-electron chi connectivity index (χ3n) is 3.72. The zero-order valence-electron chi connectivity index (χ0n) is 14.3. The van der Waals surface area contributed by atoms with Gasteiger partial charge in [-0.3, -0.25) is 0 Å². The molecular weight excluding hydrogens is 332 g/mol. The van der Waals surface area contributed by atoms with Crippen molar-refractivity contribution in [3.63, 3.8) is 0 Å². The van der Waals surface area contributed by atoms with Crippen molar-refractivity contribution in [2.75, 3.05) is 39.9 Å². The molecule has 0 aromatic heterocycles. The van der Waals surface area contributed by atoms with E-state index in [0.29, 0.717) is 31.4 Å². The Bertz CT molecular complexity index is 650. The maximum atomic E-state index is 12.7. The highest BCUT2D eigenvalue weighted by Crippen LogP contribution is 2.21. The number of ether oxygens (including phenoxy) is 2. The van der Waals surface area contributed by atoms with Crippen LogP contribution in [-0.2, 0) is 14.8 Å². The Labute approximate surface area is 143 Å². The fourth-order valence-corrected chi connectivity index (χ4v) is 3.78. The normalized spacial score (nSPS) is 16.2. The summed E-state index contributed by atoms with van der Waals surface area (Å²) < 4.78 is 36.9. The van der Waals surface area contributed by atoms with Crippen LogP contribution in [0.25, 0.3) is 0 Å². The van der Waals surface area contributed by atoms with Gasteiger partial charge in [0.15, 0.2) is 0 Å². The molecule has 8 heteroatoms. The second kappa shape index (κ2) is 7.85. The lowest BCUT2D eigenvalue weighted by Crippen LogP contribution is -2.50. The minimum absolute atomic E-state index is 0.228. The van der Waals surface area contributed by atoms with Crippen LogP contribution in [0.15, 0.2) is 29.2 Å². The number of amides is 1. The van der Waals surface area contributed by atoms with Crippen LogP contribution >= 0.6 is 0 Å². The topological polar surface area (TPSA) is 76.2 Å². The number of methoxy groups -OCH3 is 1. The van der Waals surface area contributed by atoms with Crippen molar-refractivity contribution in [3.05, 3.63) is 24.3 Å². The molecule has 24 heavy (non-hydrogen) atoms. The van der Waals surface area contributed by atoms with E-state index in [1.807, 2.05) is 13.8 Å². The molecule has 7 nitrogen and oxygen atoms in total. The molecule has 1 amide bonds. The maximum Gasteiger partial charge on any atom is 0.409 e. The van der Waals surface area contributed by atoms with Gasteiger partial charge in [-0.15, -0.1) is 0 Å². The molecular formula is C16H24N2O5S. The minimum atomic E-state index is -3.57. The van der Waals surface area contributed by atoms with Crippen LogP contribution in [0.2, 0.25) is 0 Å². The molecule has 1 heterocycles. The fraction of sp³-hybridized carbons (Fsp3) is 0.562. The summed E-state index contributed by atoms with van der Waals surface area (Å²) in [6, 6.07) is 6.44. The fourth-order valence-electron chi connectivity index (χ4n) is 2.36. The summed E-state index contributed by atoms with van der Waals surface area (Å²) in [6.07, 6.45) is -0.432. The van der Waals surface area contributed by atoms with Crippen LogP contribution in [0.4, 0.5) is 4.79 Å². The average molecular weight is 356 g/mol. The molecule has 1 aliphatic heterocycles. The molecule has 0 atom stereocenters.